The minimum Gasteiger partial charge on any atom is -0.862 e. The van der Waals surface area contributed by atoms with E-state index < -0.39 is 39.6 Å². The van der Waals surface area contributed by atoms with Crippen molar-refractivity contribution in [3.63, 3.8) is 0 Å². The summed E-state index contributed by atoms with van der Waals surface area (Å²) in [5.41, 5.74) is 11.5. The Labute approximate surface area is 253 Å². The number of rotatable bonds is 12. The number of allylic oxidation sites excluding steroid dienone is 1. The number of nitrogens with zero attached hydrogens (tertiary/aromatic N) is 5. The Kier molecular flexibility index (Phi) is 12.6. The first-order valence-electron chi connectivity index (χ1n) is 11.0. The van der Waals surface area contributed by atoms with Gasteiger partial charge >= 0.3 is 35.5 Å². The number of fused-ring (bicyclic) bond motifs is 1. The van der Waals surface area contributed by atoms with Gasteiger partial charge in [0.15, 0.2) is 5.25 Å². The molecule has 0 radical (unpaired) electrons. The number of hydrogen-bond acceptors (Lipinski definition) is 12. The molecule has 3 rings (SSSR count). The van der Waals surface area contributed by atoms with E-state index >= 15 is 0 Å². The summed E-state index contributed by atoms with van der Waals surface area (Å²) < 4.78 is 36.9. The molecule has 204 valence electrons. The van der Waals surface area contributed by atoms with Gasteiger partial charge < -0.3 is 19.7 Å². The molecule has 2 aliphatic heterocycles. The van der Waals surface area contributed by atoms with E-state index in [9.17, 15) is 27.9 Å². The van der Waals surface area contributed by atoms with Gasteiger partial charge in [-0.2, -0.15) is 8.42 Å². The van der Waals surface area contributed by atoms with Crippen molar-refractivity contribution in [1.29, 1.82) is 0 Å². The topological polar surface area (TPSA) is 211 Å². The second-order valence-corrected chi connectivity index (χ2v) is 12.2. The quantitative estimate of drug-likeness (QED) is 0.0297. The number of ether oxygens (including phenoxy) is 1. The van der Waals surface area contributed by atoms with Gasteiger partial charge in [0.2, 0.25) is 0 Å². The minimum absolute atomic E-state index is 0. The molecule has 1 aromatic rings. The molecule has 1 atom stereocenters. The first-order chi connectivity index (χ1) is 18.0. The van der Waals surface area contributed by atoms with Gasteiger partial charge in [0, 0.05) is 34.2 Å². The van der Waals surface area contributed by atoms with Crippen molar-refractivity contribution >= 4 is 66.6 Å². The SMILES string of the molecule is CC1=C(CC([O-])=NCCSSCCC(=O)ON2C(=O)CC(S(=O)(=O)O)C2=O)COc2cc(N=[N+]=[N-])ccc21.[Na+]. The zero-order chi connectivity index (χ0) is 27.9. The van der Waals surface area contributed by atoms with Crippen LogP contribution in [0.1, 0.15) is 31.7 Å². The van der Waals surface area contributed by atoms with Crippen LogP contribution in [0.2, 0.25) is 0 Å². The van der Waals surface area contributed by atoms with E-state index in [4.69, 9.17) is 14.8 Å². The van der Waals surface area contributed by atoms with Crippen LogP contribution in [0.3, 0.4) is 0 Å². The van der Waals surface area contributed by atoms with Gasteiger partial charge in [-0.3, -0.25) is 14.1 Å². The average molecular weight is 608 g/mol. The summed E-state index contributed by atoms with van der Waals surface area (Å²) in [7, 11) is -2.13. The standard InChI is InChI=1S/C21H23N5O9S3.Na/c1-12-13(11-34-16-9-14(24-25-22)2-3-15(12)16)8-18(27)23-5-7-37-36-6-4-20(29)35-26-19(28)10-17(21(26)30)38(31,32)33;/h2-3,9,17H,4-8,10-11H2,1H3,(H,23,27)(H,31,32,33);/q;+1/p-1. The van der Waals surface area contributed by atoms with Crippen LogP contribution in [0, 0.1) is 0 Å². The average Bonchev–Trinajstić information content (AvgIpc) is 3.14. The number of benzene rings is 1. The zero-order valence-electron chi connectivity index (χ0n) is 20.9. The monoisotopic (exact) mass is 607 g/mol. The molecule has 18 heteroatoms. The Bertz CT molecular complexity index is 1350. The fraction of sp³-hybridized carbons (Fsp3) is 0.429. The van der Waals surface area contributed by atoms with E-state index in [1.807, 2.05) is 6.92 Å². The van der Waals surface area contributed by atoms with Crippen LogP contribution >= 0.6 is 21.6 Å². The summed E-state index contributed by atoms with van der Waals surface area (Å²) in [6, 6.07) is 5.08. The van der Waals surface area contributed by atoms with Gasteiger partial charge in [-0.15, -0.1) is 5.06 Å². The third kappa shape index (κ3) is 9.14. The largest absolute Gasteiger partial charge is 1.00 e. The second kappa shape index (κ2) is 14.9. The van der Waals surface area contributed by atoms with E-state index in [0.717, 1.165) is 16.7 Å². The Morgan fingerprint density at radius 1 is 1.33 bits per heavy atom. The van der Waals surface area contributed by atoms with Crippen LogP contribution in [0.5, 0.6) is 5.75 Å². The van der Waals surface area contributed by atoms with Gasteiger partial charge in [0.05, 0.1) is 12.8 Å². The maximum absolute atomic E-state index is 12.3. The summed E-state index contributed by atoms with van der Waals surface area (Å²) >= 11 is 0. The van der Waals surface area contributed by atoms with Crippen molar-refractivity contribution in [2.45, 2.75) is 31.4 Å². The molecule has 1 saturated heterocycles. The number of aliphatic imine (C=N–C) groups is 1. The summed E-state index contributed by atoms with van der Waals surface area (Å²) in [6.45, 7) is 2.37. The van der Waals surface area contributed by atoms with Gasteiger partial charge in [-0.05, 0) is 42.0 Å². The molecule has 0 aliphatic carbocycles. The van der Waals surface area contributed by atoms with Crippen LogP contribution in [0.15, 0.2) is 33.9 Å². The maximum Gasteiger partial charge on any atom is 1.00 e. The Morgan fingerprint density at radius 2 is 2.05 bits per heavy atom. The molecule has 0 spiro atoms. The van der Waals surface area contributed by atoms with Crippen LogP contribution in [0.25, 0.3) is 16.0 Å². The van der Waals surface area contributed by atoms with Crippen molar-refractivity contribution < 1.29 is 71.6 Å². The van der Waals surface area contributed by atoms with E-state index in [1.54, 1.807) is 18.2 Å². The molecule has 1 aromatic carbocycles. The van der Waals surface area contributed by atoms with Crippen LogP contribution in [-0.2, 0) is 29.3 Å². The molecule has 2 heterocycles. The number of hydrogen-bond donors (Lipinski definition) is 1. The number of carbonyl (C=O) groups excluding carboxylic acids is 3. The van der Waals surface area contributed by atoms with Crippen LogP contribution in [-0.4, -0.2) is 71.6 Å². The van der Waals surface area contributed by atoms with E-state index in [2.05, 4.69) is 19.9 Å². The minimum atomic E-state index is -4.78. The molecule has 0 saturated carbocycles. The van der Waals surface area contributed by atoms with Crippen molar-refractivity contribution in [3.8, 4) is 5.75 Å². The third-order valence-electron chi connectivity index (χ3n) is 5.38. The number of amides is 2. The molecule has 2 aliphatic rings. The Morgan fingerprint density at radius 3 is 2.72 bits per heavy atom. The fourth-order valence-electron chi connectivity index (χ4n) is 3.45. The molecular weight excluding hydrogens is 585 g/mol. The molecule has 39 heavy (non-hydrogen) atoms. The van der Waals surface area contributed by atoms with Gasteiger partial charge in [0.25, 0.3) is 21.9 Å². The second-order valence-electron chi connectivity index (χ2n) is 7.93. The summed E-state index contributed by atoms with van der Waals surface area (Å²) in [4.78, 5) is 46.8. The Balaban J connectivity index is 0.00000533. The van der Waals surface area contributed by atoms with Gasteiger partial charge in [-0.25, -0.2) is 4.79 Å². The van der Waals surface area contributed by atoms with Gasteiger partial charge in [-0.1, -0.05) is 38.8 Å². The first-order valence-corrected chi connectivity index (χ1v) is 15.0. The van der Waals surface area contributed by atoms with Crippen molar-refractivity contribution in [2.75, 3.05) is 24.7 Å². The molecule has 1 N–H and O–H groups in total. The van der Waals surface area contributed by atoms with E-state index in [0.29, 0.717) is 17.2 Å². The fourth-order valence-corrected chi connectivity index (χ4v) is 5.98. The summed E-state index contributed by atoms with van der Waals surface area (Å²) in [5, 5.41) is 13.9. The number of hydroxylamine groups is 2. The Hall–Kier alpha value is -2.24. The smallest absolute Gasteiger partial charge is 0.862 e. The number of azide groups is 1. The molecule has 1 fully saturated rings. The molecular formula is C21H22N5NaO9S3. The van der Waals surface area contributed by atoms with E-state index in [1.165, 1.54) is 21.6 Å². The van der Waals surface area contributed by atoms with E-state index in [-0.39, 0.29) is 72.3 Å². The molecule has 0 bridgehead atoms. The van der Waals surface area contributed by atoms with Crippen LogP contribution in [0.4, 0.5) is 5.69 Å². The van der Waals surface area contributed by atoms with Crippen LogP contribution < -0.4 is 39.4 Å². The van der Waals surface area contributed by atoms with Crippen molar-refractivity contribution in [1.82, 2.24) is 5.06 Å². The number of imide groups is 1. The van der Waals surface area contributed by atoms with Gasteiger partial charge in [0.1, 0.15) is 12.4 Å². The van der Waals surface area contributed by atoms with Crippen molar-refractivity contribution in [2.24, 2.45) is 10.1 Å². The number of carbonyl (C=O) groups is 3. The zero-order valence-corrected chi connectivity index (χ0v) is 25.4. The first kappa shape index (κ1) is 33.0. The summed E-state index contributed by atoms with van der Waals surface area (Å²) in [5.74, 6) is -2.22. The predicted octanol–water partition coefficient (Wildman–Crippen LogP) is -0.808. The maximum atomic E-state index is 12.3. The third-order valence-corrected chi connectivity index (χ3v) is 8.85. The molecule has 14 nitrogen and oxygen atoms in total. The molecule has 1 unspecified atom stereocenters. The predicted molar refractivity (Wildman–Crippen MR) is 138 cm³/mol. The molecule has 0 aromatic heterocycles. The molecule has 2 amide bonds. The van der Waals surface area contributed by atoms with Crippen molar-refractivity contribution in [3.05, 3.63) is 39.8 Å². The normalized spacial score (nSPS) is 17.2. The summed E-state index contributed by atoms with van der Waals surface area (Å²) in [6.07, 6.45) is -0.853.